The summed E-state index contributed by atoms with van der Waals surface area (Å²) >= 11 is 0. The number of carbonyl (C=O) groups excluding carboxylic acids is 1. The molecule has 0 amide bonds. The quantitative estimate of drug-likeness (QED) is 0.649. The summed E-state index contributed by atoms with van der Waals surface area (Å²) in [6.07, 6.45) is 0. The van der Waals surface area contributed by atoms with Gasteiger partial charge in [-0.2, -0.15) is 0 Å². The van der Waals surface area contributed by atoms with Crippen molar-refractivity contribution in [3.8, 4) is 28.7 Å². The first kappa shape index (κ1) is 18.4. The molecule has 6 nitrogen and oxygen atoms in total. The van der Waals surface area contributed by atoms with Gasteiger partial charge in [-0.05, 0) is 37.3 Å². The molecule has 2 aromatic rings. The van der Waals surface area contributed by atoms with Crippen molar-refractivity contribution in [2.75, 3.05) is 34.5 Å². The van der Waals surface area contributed by atoms with E-state index in [0.717, 1.165) is 0 Å². The molecule has 0 N–H and O–H groups in total. The Morgan fingerprint density at radius 2 is 1.48 bits per heavy atom. The molecule has 2 aromatic carbocycles. The van der Waals surface area contributed by atoms with E-state index in [9.17, 15) is 4.79 Å². The first-order valence-electron chi connectivity index (χ1n) is 7.82. The lowest BCUT2D eigenvalue weighted by Gasteiger charge is -2.14. The SMILES string of the molecule is CCOc1ccc(C(=O)COc2c(OC)cccc2OC)cc1OC. The van der Waals surface area contributed by atoms with E-state index in [2.05, 4.69) is 0 Å². The van der Waals surface area contributed by atoms with Gasteiger partial charge >= 0.3 is 0 Å². The van der Waals surface area contributed by atoms with Crippen LogP contribution in [0.2, 0.25) is 0 Å². The number of carbonyl (C=O) groups is 1. The molecule has 6 heteroatoms. The molecule has 0 atom stereocenters. The number of hydrogen-bond donors (Lipinski definition) is 0. The fourth-order valence-electron chi connectivity index (χ4n) is 2.30. The molecule has 0 aliphatic rings. The van der Waals surface area contributed by atoms with Crippen LogP contribution in [-0.4, -0.2) is 40.3 Å². The van der Waals surface area contributed by atoms with Crippen LogP contribution in [0.3, 0.4) is 0 Å². The van der Waals surface area contributed by atoms with Crippen molar-refractivity contribution in [3.63, 3.8) is 0 Å². The number of Topliss-reactive ketones (excluding diaryl/α,β-unsaturated/α-hetero) is 1. The zero-order chi connectivity index (χ0) is 18.2. The van der Waals surface area contributed by atoms with Crippen molar-refractivity contribution >= 4 is 5.78 Å². The Kier molecular flexibility index (Phi) is 6.51. The van der Waals surface area contributed by atoms with Gasteiger partial charge in [-0.3, -0.25) is 4.79 Å². The molecule has 134 valence electrons. The van der Waals surface area contributed by atoms with Crippen molar-refractivity contribution in [1.29, 1.82) is 0 Å². The van der Waals surface area contributed by atoms with E-state index in [1.807, 2.05) is 6.92 Å². The van der Waals surface area contributed by atoms with E-state index < -0.39 is 0 Å². The normalized spacial score (nSPS) is 10.1. The summed E-state index contributed by atoms with van der Waals surface area (Å²) in [5, 5.41) is 0. The predicted octanol–water partition coefficient (Wildman–Crippen LogP) is 3.37. The topological polar surface area (TPSA) is 63.2 Å². The maximum Gasteiger partial charge on any atom is 0.203 e. The van der Waals surface area contributed by atoms with Gasteiger partial charge in [0.1, 0.15) is 0 Å². The lowest BCUT2D eigenvalue weighted by atomic mass is 10.1. The van der Waals surface area contributed by atoms with Gasteiger partial charge in [0.05, 0.1) is 27.9 Å². The van der Waals surface area contributed by atoms with Crippen LogP contribution >= 0.6 is 0 Å². The molecule has 0 unspecified atom stereocenters. The third-order valence-electron chi connectivity index (χ3n) is 3.52. The second-order valence-corrected chi connectivity index (χ2v) is 5.00. The summed E-state index contributed by atoms with van der Waals surface area (Å²) in [6.45, 7) is 2.24. The molecule has 0 aromatic heterocycles. The van der Waals surface area contributed by atoms with E-state index >= 15 is 0 Å². The van der Waals surface area contributed by atoms with Crippen molar-refractivity contribution < 1.29 is 28.5 Å². The van der Waals surface area contributed by atoms with Gasteiger partial charge in [-0.1, -0.05) is 6.07 Å². The first-order valence-corrected chi connectivity index (χ1v) is 7.82. The second kappa shape index (κ2) is 8.82. The third kappa shape index (κ3) is 4.35. The standard InChI is InChI=1S/C19H22O6/c1-5-24-15-10-9-13(11-18(15)23-4)14(20)12-25-19-16(21-2)7-6-8-17(19)22-3/h6-11H,5,12H2,1-4H3. The largest absolute Gasteiger partial charge is 0.493 e. The minimum Gasteiger partial charge on any atom is -0.493 e. The van der Waals surface area contributed by atoms with Gasteiger partial charge in [0.25, 0.3) is 0 Å². The average molecular weight is 346 g/mol. The van der Waals surface area contributed by atoms with E-state index in [1.165, 1.54) is 21.3 Å². The highest BCUT2D eigenvalue weighted by atomic mass is 16.5. The van der Waals surface area contributed by atoms with Gasteiger partial charge in [-0.25, -0.2) is 0 Å². The summed E-state index contributed by atoms with van der Waals surface area (Å²) in [5.41, 5.74) is 0.467. The van der Waals surface area contributed by atoms with Crippen LogP contribution in [0.5, 0.6) is 28.7 Å². The fraction of sp³-hybridized carbons (Fsp3) is 0.316. The Labute approximate surface area is 147 Å². The lowest BCUT2D eigenvalue weighted by Crippen LogP contribution is -2.13. The summed E-state index contributed by atoms with van der Waals surface area (Å²) in [4.78, 5) is 12.5. The molecule has 2 rings (SSSR count). The lowest BCUT2D eigenvalue weighted by molar-refractivity contribution is 0.0917. The Bertz CT molecular complexity index is 704. The monoisotopic (exact) mass is 346 g/mol. The molecule has 25 heavy (non-hydrogen) atoms. The number of rotatable bonds is 9. The molecule has 0 aliphatic heterocycles. The van der Waals surface area contributed by atoms with Crippen LogP contribution < -0.4 is 23.7 Å². The molecular weight excluding hydrogens is 324 g/mol. The Balaban J connectivity index is 2.16. The van der Waals surface area contributed by atoms with Crippen LogP contribution in [0.25, 0.3) is 0 Å². The van der Waals surface area contributed by atoms with Gasteiger partial charge in [0, 0.05) is 5.56 Å². The van der Waals surface area contributed by atoms with Crippen molar-refractivity contribution in [1.82, 2.24) is 0 Å². The van der Waals surface area contributed by atoms with E-state index in [-0.39, 0.29) is 12.4 Å². The molecule has 0 radical (unpaired) electrons. The Morgan fingerprint density at radius 1 is 0.840 bits per heavy atom. The van der Waals surface area contributed by atoms with Crippen LogP contribution in [0, 0.1) is 0 Å². The van der Waals surface area contributed by atoms with E-state index in [1.54, 1.807) is 36.4 Å². The van der Waals surface area contributed by atoms with Crippen LogP contribution in [-0.2, 0) is 0 Å². The Morgan fingerprint density at radius 3 is 2.04 bits per heavy atom. The minimum atomic E-state index is -0.200. The maximum atomic E-state index is 12.5. The number of hydrogen-bond acceptors (Lipinski definition) is 6. The highest BCUT2D eigenvalue weighted by molar-refractivity contribution is 5.98. The molecule has 0 saturated carbocycles. The molecular formula is C19H22O6. The number of ether oxygens (including phenoxy) is 5. The number of methoxy groups -OCH3 is 3. The van der Waals surface area contributed by atoms with Crippen molar-refractivity contribution in [2.45, 2.75) is 6.92 Å². The predicted molar refractivity (Wildman–Crippen MR) is 93.5 cm³/mol. The highest BCUT2D eigenvalue weighted by Gasteiger charge is 2.16. The number of ketones is 1. The first-order chi connectivity index (χ1) is 12.1. The molecule has 0 saturated heterocycles. The highest BCUT2D eigenvalue weighted by Crippen LogP contribution is 2.37. The maximum absolute atomic E-state index is 12.5. The number of benzene rings is 2. The van der Waals surface area contributed by atoms with Crippen LogP contribution in [0.15, 0.2) is 36.4 Å². The van der Waals surface area contributed by atoms with Gasteiger partial charge < -0.3 is 23.7 Å². The molecule has 0 aliphatic carbocycles. The second-order valence-electron chi connectivity index (χ2n) is 5.00. The number of para-hydroxylation sites is 1. The Hall–Kier alpha value is -2.89. The average Bonchev–Trinajstić information content (AvgIpc) is 2.66. The smallest absolute Gasteiger partial charge is 0.203 e. The fourth-order valence-corrected chi connectivity index (χ4v) is 2.30. The molecule has 0 bridgehead atoms. The summed E-state index contributed by atoms with van der Waals surface area (Å²) in [5.74, 6) is 2.28. The third-order valence-corrected chi connectivity index (χ3v) is 3.52. The zero-order valence-electron chi connectivity index (χ0n) is 14.8. The van der Waals surface area contributed by atoms with Gasteiger partial charge in [0.2, 0.25) is 5.75 Å². The minimum absolute atomic E-state index is 0.159. The van der Waals surface area contributed by atoms with E-state index in [0.29, 0.717) is 40.9 Å². The molecule has 0 spiro atoms. The van der Waals surface area contributed by atoms with Gasteiger partial charge in [-0.15, -0.1) is 0 Å². The van der Waals surface area contributed by atoms with Gasteiger partial charge in [0.15, 0.2) is 35.4 Å². The van der Waals surface area contributed by atoms with Crippen LogP contribution in [0.4, 0.5) is 0 Å². The summed E-state index contributed by atoms with van der Waals surface area (Å²) < 4.78 is 26.9. The van der Waals surface area contributed by atoms with Crippen molar-refractivity contribution in [2.24, 2.45) is 0 Å². The van der Waals surface area contributed by atoms with Crippen molar-refractivity contribution in [3.05, 3.63) is 42.0 Å². The molecule has 0 fully saturated rings. The summed E-state index contributed by atoms with van der Waals surface area (Å²) in [6, 6.07) is 10.3. The molecule has 0 heterocycles. The summed E-state index contributed by atoms with van der Waals surface area (Å²) in [7, 11) is 4.59. The van der Waals surface area contributed by atoms with Crippen LogP contribution in [0.1, 0.15) is 17.3 Å². The van der Waals surface area contributed by atoms with E-state index in [4.69, 9.17) is 23.7 Å². The zero-order valence-corrected chi connectivity index (χ0v) is 14.8.